The van der Waals surface area contributed by atoms with Gasteiger partial charge in [-0.3, -0.25) is 10.6 Å². The van der Waals surface area contributed by atoms with Crippen LogP contribution in [0.1, 0.15) is 10.4 Å². The summed E-state index contributed by atoms with van der Waals surface area (Å²) in [5, 5.41) is 2.61. The van der Waals surface area contributed by atoms with Crippen molar-refractivity contribution in [2.75, 3.05) is 38.9 Å². The average Bonchev–Trinajstić information content (AvgIpc) is 2.42. The fourth-order valence-electron chi connectivity index (χ4n) is 1.44. The number of nitrogens with two attached hydrogens (primary N) is 1. The number of carbonyl (C=O) groups excluding carboxylic acids is 1. The van der Waals surface area contributed by atoms with E-state index in [2.05, 4.69) is 10.7 Å². The van der Waals surface area contributed by atoms with E-state index in [0.717, 1.165) is 0 Å². The molecule has 0 fully saturated rings. The molecule has 0 aliphatic carbocycles. The van der Waals surface area contributed by atoms with Crippen LogP contribution in [-0.2, 0) is 9.47 Å². The minimum absolute atomic E-state index is 0.0275. The lowest BCUT2D eigenvalue weighted by molar-refractivity contribution is 0.0693. The standard InChI is InChI=1S/C12H18FN3O3/c1-18-7-8-19-6-5-15-12(17)9-3-2-4-10(13)11(9)16-14/h2-4,16H,5-8,14H2,1H3,(H,15,17). The average molecular weight is 271 g/mol. The van der Waals surface area contributed by atoms with Crippen LogP contribution in [0.25, 0.3) is 0 Å². The molecule has 0 radical (unpaired) electrons. The highest BCUT2D eigenvalue weighted by molar-refractivity contribution is 5.99. The molecule has 7 heteroatoms. The Hall–Kier alpha value is -1.70. The van der Waals surface area contributed by atoms with Crippen LogP contribution in [-0.4, -0.2) is 39.4 Å². The Kier molecular flexibility index (Phi) is 6.80. The summed E-state index contributed by atoms with van der Waals surface area (Å²) in [6.07, 6.45) is 0. The Bertz CT molecular complexity index is 415. The SMILES string of the molecule is COCCOCCNC(=O)c1cccc(F)c1NN. The van der Waals surface area contributed by atoms with Crippen LogP contribution >= 0.6 is 0 Å². The Balaban J connectivity index is 2.43. The highest BCUT2D eigenvalue weighted by atomic mass is 19.1. The minimum atomic E-state index is -0.577. The molecule has 1 rings (SSSR count). The first-order chi connectivity index (χ1) is 9.20. The molecule has 4 N–H and O–H groups in total. The van der Waals surface area contributed by atoms with Crippen molar-refractivity contribution in [3.05, 3.63) is 29.6 Å². The van der Waals surface area contributed by atoms with Crippen LogP contribution in [0.15, 0.2) is 18.2 Å². The van der Waals surface area contributed by atoms with E-state index in [4.69, 9.17) is 15.3 Å². The lowest BCUT2D eigenvalue weighted by atomic mass is 10.1. The first-order valence-electron chi connectivity index (χ1n) is 5.80. The summed E-state index contributed by atoms with van der Waals surface area (Å²) < 4.78 is 23.4. The monoisotopic (exact) mass is 271 g/mol. The molecule has 0 saturated carbocycles. The van der Waals surface area contributed by atoms with Gasteiger partial charge in [-0.25, -0.2) is 4.39 Å². The Morgan fingerprint density at radius 3 is 2.84 bits per heavy atom. The molecule has 0 aliphatic rings. The second-order valence-corrected chi connectivity index (χ2v) is 3.67. The van der Waals surface area contributed by atoms with Crippen LogP contribution < -0.4 is 16.6 Å². The molecule has 0 saturated heterocycles. The van der Waals surface area contributed by atoms with Gasteiger partial charge < -0.3 is 20.2 Å². The van der Waals surface area contributed by atoms with Gasteiger partial charge in [0.15, 0.2) is 0 Å². The number of methoxy groups -OCH3 is 1. The maximum absolute atomic E-state index is 13.4. The van der Waals surface area contributed by atoms with Gasteiger partial charge in [-0.05, 0) is 12.1 Å². The summed E-state index contributed by atoms with van der Waals surface area (Å²) in [7, 11) is 1.58. The van der Waals surface area contributed by atoms with Gasteiger partial charge in [-0.2, -0.15) is 0 Å². The maximum atomic E-state index is 13.4. The van der Waals surface area contributed by atoms with Gasteiger partial charge in [0.05, 0.1) is 31.1 Å². The van der Waals surface area contributed by atoms with Crippen molar-refractivity contribution in [2.24, 2.45) is 5.84 Å². The van der Waals surface area contributed by atoms with E-state index in [1.165, 1.54) is 18.2 Å². The quantitative estimate of drug-likeness (QED) is 0.364. The molecule has 0 aliphatic heterocycles. The Morgan fingerprint density at radius 1 is 1.37 bits per heavy atom. The third-order valence-corrected chi connectivity index (χ3v) is 2.37. The van der Waals surface area contributed by atoms with Crippen molar-refractivity contribution in [1.29, 1.82) is 0 Å². The first kappa shape index (κ1) is 15.4. The molecule has 6 nitrogen and oxygen atoms in total. The van der Waals surface area contributed by atoms with E-state index in [1.54, 1.807) is 7.11 Å². The lowest BCUT2D eigenvalue weighted by Crippen LogP contribution is -2.29. The molecule has 1 aromatic carbocycles. The van der Waals surface area contributed by atoms with E-state index < -0.39 is 11.7 Å². The number of ether oxygens (including phenoxy) is 2. The van der Waals surface area contributed by atoms with Crippen LogP contribution in [0, 0.1) is 5.82 Å². The second-order valence-electron chi connectivity index (χ2n) is 3.67. The second kappa shape index (κ2) is 8.41. The van der Waals surface area contributed by atoms with Crippen molar-refractivity contribution in [2.45, 2.75) is 0 Å². The smallest absolute Gasteiger partial charge is 0.253 e. The first-order valence-corrected chi connectivity index (χ1v) is 5.80. The van der Waals surface area contributed by atoms with Gasteiger partial charge in [0.1, 0.15) is 5.82 Å². The van der Waals surface area contributed by atoms with Crippen molar-refractivity contribution in [3.8, 4) is 0 Å². The summed E-state index contributed by atoms with van der Waals surface area (Å²) in [4.78, 5) is 11.8. The van der Waals surface area contributed by atoms with Crippen molar-refractivity contribution in [1.82, 2.24) is 5.32 Å². The molecule has 0 heterocycles. The third kappa shape index (κ3) is 4.82. The normalized spacial score (nSPS) is 10.3. The summed E-state index contributed by atoms with van der Waals surface area (Å²) in [6, 6.07) is 4.15. The fraction of sp³-hybridized carbons (Fsp3) is 0.417. The summed E-state index contributed by atoms with van der Waals surface area (Å²) in [6.45, 7) is 1.64. The van der Waals surface area contributed by atoms with E-state index in [0.29, 0.717) is 26.4 Å². The molecule has 0 atom stereocenters. The number of para-hydroxylation sites is 1. The number of hydrogen-bond donors (Lipinski definition) is 3. The van der Waals surface area contributed by atoms with Crippen LogP contribution in [0.3, 0.4) is 0 Å². The van der Waals surface area contributed by atoms with E-state index in [-0.39, 0.29) is 11.3 Å². The van der Waals surface area contributed by atoms with Gasteiger partial charge in [-0.1, -0.05) is 6.07 Å². The molecule has 1 aromatic rings. The van der Waals surface area contributed by atoms with Crippen molar-refractivity contribution < 1.29 is 18.7 Å². The van der Waals surface area contributed by atoms with Crippen LogP contribution in [0.2, 0.25) is 0 Å². The zero-order valence-corrected chi connectivity index (χ0v) is 10.7. The van der Waals surface area contributed by atoms with Crippen molar-refractivity contribution >= 4 is 11.6 Å². The minimum Gasteiger partial charge on any atom is -0.382 e. The Morgan fingerprint density at radius 2 is 2.16 bits per heavy atom. The van der Waals surface area contributed by atoms with E-state index in [9.17, 15) is 9.18 Å². The number of amides is 1. The number of carbonyl (C=O) groups is 1. The van der Waals surface area contributed by atoms with Gasteiger partial charge in [0.25, 0.3) is 5.91 Å². The molecule has 1 amide bonds. The highest BCUT2D eigenvalue weighted by Gasteiger charge is 2.13. The fourth-order valence-corrected chi connectivity index (χ4v) is 1.44. The van der Waals surface area contributed by atoms with Gasteiger partial charge >= 0.3 is 0 Å². The highest BCUT2D eigenvalue weighted by Crippen LogP contribution is 2.18. The maximum Gasteiger partial charge on any atom is 0.253 e. The predicted octanol–water partition coefficient (Wildman–Crippen LogP) is 0.504. The number of rotatable bonds is 8. The molecule has 0 spiro atoms. The zero-order valence-electron chi connectivity index (χ0n) is 10.7. The van der Waals surface area contributed by atoms with Crippen molar-refractivity contribution in [3.63, 3.8) is 0 Å². The largest absolute Gasteiger partial charge is 0.382 e. The molecule has 0 unspecified atom stereocenters. The summed E-state index contributed by atoms with van der Waals surface area (Å²) in [5.41, 5.74) is 2.30. The van der Waals surface area contributed by atoms with Crippen LogP contribution in [0.5, 0.6) is 0 Å². The molecule has 0 bridgehead atoms. The number of hydrazine groups is 1. The number of nitrogens with one attached hydrogen (secondary N) is 2. The molecular weight excluding hydrogens is 253 g/mol. The summed E-state index contributed by atoms with van der Waals surface area (Å²) in [5.74, 6) is 4.20. The molecular formula is C12H18FN3O3. The van der Waals surface area contributed by atoms with Gasteiger partial charge in [0.2, 0.25) is 0 Å². The molecule has 0 aromatic heterocycles. The van der Waals surface area contributed by atoms with Gasteiger partial charge in [0, 0.05) is 13.7 Å². The van der Waals surface area contributed by atoms with Crippen LogP contribution in [0.4, 0.5) is 10.1 Å². The number of nitrogen functional groups attached to an aromatic ring is 1. The number of halogens is 1. The van der Waals surface area contributed by atoms with E-state index in [1.807, 2.05) is 0 Å². The number of anilines is 1. The third-order valence-electron chi connectivity index (χ3n) is 2.37. The van der Waals surface area contributed by atoms with Gasteiger partial charge in [-0.15, -0.1) is 0 Å². The lowest BCUT2D eigenvalue weighted by Gasteiger charge is -2.10. The number of benzene rings is 1. The predicted molar refractivity (Wildman–Crippen MR) is 69.2 cm³/mol. The molecule has 106 valence electrons. The zero-order chi connectivity index (χ0) is 14.1. The molecule has 19 heavy (non-hydrogen) atoms. The summed E-state index contributed by atoms with van der Waals surface area (Å²) >= 11 is 0. The Labute approximate surface area is 111 Å². The topological polar surface area (TPSA) is 85.6 Å². The van der Waals surface area contributed by atoms with E-state index >= 15 is 0 Å². The number of hydrogen-bond acceptors (Lipinski definition) is 5.